The number of nitrogens with zero attached hydrogens (tertiary/aromatic N) is 1. The number of amides is 1. The van der Waals surface area contributed by atoms with Crippen molar-refractivity contribution < 1.29 is 9.59 Å². The van der Waals surface area contributed by atoms with E-state index in [-0.39, 0.29) is 16.9 Å². The van der Waals surface area contributed by atoms with Gasteiger partial charge in [-0.15, -0.1) is 0 Å². The van der Waals surface area contributed by atoms with Gasteiger partial charge < -0.3 is 10.6 Å². The molecule has 19 heavy (non-hydrogen) atoms. The molecule has 0 bridgehead atoms. The van der Waals surface area contributed by atoms with Crippen molar-refractivity contribution in [2.24, 2.45) is 5.92 Å². The molecule has 1 aliphatic rings. The summed E-state index contributed by atoms with van der Waals surface area (Å²) < 4.78 is 0. The van der Waals surface area contributed by atoms with Gasteiger partial charge in [0.1, 0.15) is 0 Å². The van der Waals surface area contributed by atoms with Crippen LogP contribution in [0.4, 0.5) is 11.4 Å². The number of halogens is 1. The molecule has 1 fully saturated rings. The van der Waals surface area contributed by atoms with Crippen LogP contribution in [-0.2, 0) is 9.59 Å². The van der Waals surface area contributed by atoms with Crippen LogP contribution in [0.1, 0.15) is 13.3 Å². The Morgan fingerprint density at radius 1 is 1.58 bits per heavy atom. The molecule has 1 aromatic rings. The van der Waals surface area contributed by atoms with Crippen molar-refractivity contribution in [2.75, 3.05) is 22.9 Å². The molecule has 102 valence electrons. The summed E-state index contributed by atoms with van der Waals surface area (Å²) in [5, 5.41) is 0.528. The first-order valence-electron chi connectivity index (χ1n) is 5.96. The van der Waals surface area contributed by atoms with E-state index in [0.717, 1.165) is 0 Å². The van der Waals surface area contributed by atoms with Crippen LogP contribution >= 0.6 is 23.4 Å². The molecule has 2 N–H and O–H groups in total. The number of nitrogen functional groups attached to an aromatic ring is 1. The smallest absolute Gasteiger partial charge is 0.227 e. The first-order valence-corrected chi connectivity index (χ1v) is 7.33. The number of benzene rings is 1. The zero-order chi connectivity index (χ0) is 14.0. The molecular weight excluding hydrogens is 284 g/mol. The molecule has 1 aromatic carbocycles. The van der Waals surface area contributed by atoms with Crippen LogP contribution in [0, 0.1) is 5.92 Å². The molecule has 4 nitrogen and oxygen atoms in total. The number of thioether (sulfide) groups is 1. The van der Waals surface area contributed by atoms with E-state index in [1.165, 1.54) is 18.7 Å². The average molecular weight is 299 g/mol. The molecule has 1 atom stereocenters. The van der Waals surface area contributed by atoms with Crippen LogP contribution in [0.25, 0.3) is 0 Å². The summed E-state index contributed by atoms with van der Waals surface area (Å²) in [6.07, 6.45) is 0.451. The Morgan fingerprint density at radius 3 is 3.00 bits per heavy atom. The highest BCUT2D eigenvalue weighted by Crippen LogP contribution is 2.34. The quantitative estimate of drug-likeness (QED) is 0.871. The van der Waals surface area contributed by atoms with Gasteiger partial charge in [-0.1, -0.05) is 29.4 Å². The van der Waals surface area contributed by atoms with Crippen LogP contribution in [0.3, 0.4) is 0 Å². The van der Waals surface area contributed by atoms with Gasteiger partial charge in [-0.3, -0.25) is 9.59 Å². The molecule has 0 aromatic heterocycles. The number of nitrogens with two attached hydrogens (primary N) is 1. The minimum atomic E-state index is 0.0307. The summed E-state index contributed by atoms with van der Waals surface area (Å²) >= 11 is 7.23. The van der Waals surface area contributed by atoms with E-state index in [1.807, 2.05) is 0 Å². The van der Waals surface area contributed by atoms with E-state index in [9.17, 15) is 9.59 Å². The normalized spacial score (nSPS) is 18.9. The minimum Gasteiger partial charge on any atom is -0.396 e. The number of hydrogen-bond donors (Lipinski definition) is 1. The Kier molecular flexibility index (Phi) is 4.37. The SMILES string of the molecule is CC(=O)SCC1CC(=O)N(c2cccc(Cl)c2N)C1. The molecule has 1 heterocycles. The average Bonchev–Trinajstić information content (AvgIpc) is 2.71. The largest absolute Gasteiger partial charge is 0.396 e. The van der Waals surface area contributed by atoms with E-state index in [2.05, 4.69) is 0 Å². The number of hydrogen-bond acceptors (Lipinski definition) is 4. The molecule has 1 aliphatic heterocycles. The second kappa shape index (κ2) is 5.84. The molecular formula is C13H15ClN2O2S. The van der Waals surface area contributed by atoms with Gasteiger partial charge in [-0.2, -0.15) is 0 Å². The molecule has 0 spiro atoms. The van der Waals surface area contributed by atoms with Crippen molar-refractivity contribution in [3.05, 3.63) is 23.2 Å². The zero-order valence-corrected chi connectivity index (χ0v) is 12.1. The fourth-order valence-corrected chi connectivity index (χ4v) is 2.99. The monoisotopic (exact) mass is 298 g/mol. The Morgan fingerprint density at radius 2 is 2.32 bits per heavy atom. The summed E-state index contributed by atoms with van der Waals surface area (Å²) in [6.45, 7) is 2.12. The third-order valence-electron chi connectivity index (χ3n) is 3.05. The van der Waals surface area contributed by atoms with Crippen molar-refractivity contribution >= 4 is 45.8 Å². The fraction of sp³-hybridized carbons (Fsp3) is 0.385. The first kappa shape index (κ1) is 14.2. The van der Waals surface area contributed by atoms with Crippen LogP contribution < -0.4 is 10.6 Å². The van der Waals surface area contributed by atoms with E-state index in [0.29, 0.717) is 35.1 Å². The third kappa shape index (κ3) is 3.22. The predicted octanol–water partition coefficient (Wildman–Crippen LogP) is 2.55. The molecule has 0 radical (unpaired) electrons. The summed E-state index contributed by atoms with van der Waals surface area (Å²) in [6, 6.07) is 5.27. The standard InChI is InChI=1S/C13H15ClN2O2S/c1-8(17)19-7-9-5-12(18)16(6-9)11-4-2-3-10(14)13(11)15/h2-4,9H,5-7,15H2,1H3. The summed E-state index contributed by atoms with van der Waals surface area (Å²) in [7, 11) is 0. The number of rotatable bonds is 3. The van der Waals surface area contributed by atoms with Gasteiger partial charge >= 0.3 is 0 Å². The lowest BCUT2D eigenvalue weighted by molar-refractivity contribution is -0.117. The molecule has 1 saturated heterocycles. The van der Waals surface area contributed by atoms with Crippen LogP contribution in [0.15, 0.2) is 18.2 Å². The topological polar surface area (TPSA) is 63.4 Å². The maximum atomic E-state index is 12.0. The minimum absolute atomic E-state index is 0.0307. The van der Waals surface area contributed by atoms with E-state index < -0.39 is 0 Å². The van der Waals surface area contributed by atoms with Gasteiger partial charge in [-0.05, 0) is 18.1 Å². The van der Waals surface area contributed by atoms with E-state index in [4.69, 9.17) is 17.3 Å². The molecule has 0 saturated carbocycles. The summed E-state index contributed by atoms with van der Waals surface area (Å²) in [5.41, 5.74) is 7.00. The fourth-order valence-electron chi connectivity index (χ4n) is 2.12. The second-order valence-corrected chi connectivity index (χ2v) is 6.15. The maximum absolute atomic E-state index is 12.0. The lowest BCUT2D eigenvalue weighted by Gasteiger charge is -2.19. The van der Waals surface area contributed by atoms with Crippen molar-refractivity contribution in [3.8, 4) is 0 Å². The highest BCUT2D eigenvalue weighted by atomic mass is 35.5. The Balaban J connectivity index is 2.11. The van der Waals surface area contributed by atoms with Gasteiger partial charge in [0.05, 0.1) is 16.4 Å². The van der Waals surface area contributed by atoms with Crippen LogP contribution in [-0.4, -0.2) is 23.3 Å². The number of anilines is 2. The van der Waals surface area contributed by atoms with Gasteiger partial charge in [-0.25, -0.2) is 0 Å². The summed E-state index contributed by atoms with van der Waals surface area (Å²) in [5.74, 6) is 0.876. The molecule has 2 rings (SSSR count). The van der Waals surface area contributed by atoms with Crippen molar-refractivity contribution in [1.82, 2.24) is 0 Å². The molecule has 6 heteroatoms. The lowest BCUT2D eigenvalue weighted by atomic mass is 10.1. The van der Waals surface area contributed by atoms with E-state index in [1.54, 1.807) is 23.1 Å². The van der Waals surface area contributed by atoms with Gasteiger partial charge in [0.15, 0.2) is 5.12 Å². The van der Waals surface area contributed by atoms with Gasteiger partial charge in [0.25, 0.3) is 0 Å². The van der Waals surface area contributed by atoms with Gasteiger partial charge in [0, 0.05) is 25.6 Å². The third-order valence-corrected chi connectivity index (χ3v) is 4.42. The van der Waals surface area contributed by atoms with Crippen molar-refractivity contribution in [1.29, 1.82) is 0 Å². The van der Waals surface area contributed by atoms with E-state index >= 15 is 0 Å². The molecule has 1 amide bonds. The Bertz CT molecular complexity index is 521. The first-order chi connectivity index (χ1) is 8.99. The van der Waals surface area contributed by atoms with Crippen LogP contribution in [0.2, 0.25) is 5.02 Å². The highest BCUT2D eigenvalue weighted by molar-refractivity contribution is 8.13. The highest BCUT2D eigenvalue weighted by Gasteiger charge is 2.31. The lowest BCUT2D eigenvalue weighted by Crippen LogP contribution is -2.25. The van der Waals surface area contributed by atoms with Crippen LogP contribution in [0.5, 0.6) is 0 Å². The zero-order valence-electron chi connectivity index (χ0n) is 10.6. The van der Waals surface area contributed by atoms with Crippen molar-refractivity contribution in [3.63, 3.8) is 0 Å². The number of para-hydroxylation sites is 1. The van der Waals surface area contributed by atoms with Crippen molar-refractivity contribution in [2.45, 2.75) is 13.3 Å². The number of carbonyl (C=O) groups excluding carboxylic acids is 2. The maximum Gasteiger partial charge on any atom is 0.227 e. The Hall–Kier alpha value is -1.20. The predicted molar refractivity (Wildman–Crippen MR) is 79.5 cm³/mol. The van der Waals surface area contributed by atoms with Gasteiger partial charge in [0.2, 0.25) is 5.91 Å². The second-order valence-electron chi connectivity index (χ2n) is 4.55. The molecule has 1 unspecified atom stereocenters. The number of carbonyl (C=O) groups is 2. The Labute approximate surface area is 121 Å². The summed E-state index contributed by atoms with van der Waals surface area (Å²) in [4.78, 5) is 24.6. The molecule has 0 aliphatic carbocycles.